The Balaban J connectivity index is 1.29. The number of rotatable bonds is 4. The zero-order valence-corrected chi connectivity index (χ0v) is 12.8. The lowest BCUT2D eigenvalue weighted by molar-refractivity contribution is -0.0647. The molecule has 0 spiro atoms. The van der Waals surface area contributed by atoms with Crippen LogP contribution >= 0.6 is 0 Å². The van der Waals surface area contributed by atoms with Crippen molar-refractivity contribution in [2.45, 2.75) is 83.0 Å². The van der Waals surface area contributed by atoms with E-state index in [2.05, 4.69) is 0 Å². The number of ether oxygens (including phenoxy) is 1. The maximum atomic E-state index is 6.33. The van der Waals surface area contributed by atoms with Crippen molar-refractivity contribution >= 4 is 0 Å². The largest absolute Gasteiger partial charge is 0.360 e. The second-order valence-corrected chi connectivity index (χ2v) is 8.11. The van der Waals surface area contributed by atoms with Gasteiger partial charge in [-0.1, -0.05) is 38.5 Å². The number of nitrogens with two attached hydrogens (primary N) is 1. The molecule has 0 aromatic carbocycles. The van der Waals surface area contributed by atoms with Gasteiger partial charge in [-0.25, -0.2) is 0 Å². The highest BCUT2D eigenvalue weighted by atomic mass is 16.5. The van der Waals surface area contributed by atoms with Crippen molar-refractivity contribution in [3.8, 4) is 0 Å². The molecule has 0 aromatic heterocycles. The Morgan fingerprint density at radius 1 is 0.850 bits per heavy atom. The minimum Gasteiger partial charge on any atom is -0.360 e. The minimum absolute atomic E-state index is 0.0160. The second-order valence-electron chi connectivity index (χ2n) is 8.11. The lowest BCUT2D eigenvalue weighted by Gasteiger charge is -2.34. The Labute approximate surface area is 123 Å². The van der Waals surface area contributed by atoms with Crippen LogP contribution in [0.2, 0.25) is 0 Å². The van der Waals surface area contributed by atoms with Crippen LogP contribution in [0, 0.1) is 29.6 Å². The highest BCUT2D eigenvalue weighted by Gasteiger charge is 2.54. The maximum Gasteiger partial charge on any atom is 0.106 e. The summed E-state index contributed by atoms with van der Waals surface area (Å²) in [5.74, 6) is 4.76. The molecule has 0 amide bonds. The van der Waals surface area contributed by atoms with Gasteiger partial charge in [0.05, 0.1) is 6.10 Å². The minimum atomic E-state index is 0.0160. The molecule has 0 radical (unpaired) electrons. The lowest BCUT2D eigenvalue weighted by atomic mass is 9.80. The summed E-state index contributed by atoms with van der Waals surface area (Å²) < 4.78 is 6.33. The third-order valence-corrected chi connectivity index (χ3v) is 7.01. The smallest absolute Gasteiger partial charge is 0.106 e. The second kappa shape index (κ2) is 5.61. The molecule has 4 aliphatic rings. The summed E-state index contributed by atoms with van der Waals surface area (Å²) >= 11 is 0. The summed E-state index contributed by atoms with van der Waals surface area (Å²) in [4.78, 5) is 0. The SMILES string of the molecule is NC(CC1CCCCC1)OC1CC2CC1C1CCC[C@@H]21. The zero-order valence-electron chi connectivity index (χ0n) is 12.8. The van der Waals surface area contributed by atoms with Gasteiger partial charge in [0.1, 0.15) is 6.23 Å². The highest BCUT2D eigenvalue weighted by Crippen LogP contribution is 2.59. The summed E-state index contributed by atoms with van der Waals surface area (Å²) in [6.45, 7) is 0. The van der Waals surface area contributed by atoms with Gasteiger partial charge in [0.25, 0.3) is 0 Å². The number of hydrogen-bond acceptors (Lipinski definition) is 2. The standard InChI is InChI=1S/C18H31NO/c19-18(9-12-5-2-1-3-6-12)20-17-11-13-10-16(17)15-8-4-7-14(13)15/h12-18H,1-11,19H2/t13?,14-,15?,16?,17?,18?/m0/s1. The molecular formula is C18H31NO. The molecule has 4 rings (SSSR count). The zero-order chi connectivity index (χ0) is 13.5. The van der Waals surface area contributed by atoms with E-state index in [-0.39, 0.29) is 6.23 Å². The molecule has 5 unspecified atom stereocenters. The Hall–Kier alpha value is -0.0800. The third kappa shape index (κ3) is 2.43. The van der Waals surface area contributed by atoms with Gasteiger partial charge >= 0.3 is 0 Å². The quantitative estimate of drug-likeness (QED) is 0.786. The van der Waals surface area contributed by atoms with Crippen LogP contribution in [0.5, 0.6) is 0 Å². The number of fused-ring (bicyclic) bond motifs is 5. The van der Waals surface area contributed by atoms with E-state index < -0.39 is 0 Å². The molecular weight excluding hydrogens is 246 g/mol. The van der Waals surface area contributed by atoms with E-state index in [0.717, 1.165) is 36.0 Å². The van der Waals surface area contributed by atoms with Crippen LogP contribution in [0.3, 0.4) is 0 Å². The van der Waals surface area contributed by atoms with Crippen molar-refractivity contribution in [2.75, 3.05) is 0 Å². The fraction of sp³-hybridized carbons (Fsp3) is 1.00. The van der Waals surface area contributed by atoms with E-state index >= 15 is 0 Å². The van der Waals surface area contributed by atoms with E-state index in [4.69, 9.17) is 10.5 Å². The monoisotopic (exact) mass is 277 g/mol. The van der Waals surface area contributed by atoms with E-state index in [1.165, 1.54) is 64.2 Å². The first-order valence-electron chi connectivity index (χ1n) is 9.22. The first kappa shape index (κ1) is 13.6. The summed E-state index contributed by atoms with van der Waals surface area (Å²) in [5, 5.41) is 0. The predicted molar refractivity (Wildman–Crippen MR) is 81.1 cm³/mol. The summed E-state index contributed by atoms with van der Waals surface area (Å²) in [7, 11) is 0. The van der Waals surface area contributed by atoms with Crippen LogP contribution in [0.25, 0.3) is 0 Å². The molecule has 2 N–H and O–H groups in total. The van der Waals surface area contributed by atoms with Gasteiger partial charge in [-0.15, -0.1) is 0 Å². The molecule has 6 atom stereocenters. The van der Waals surface area contributed by atoms with Crippen LogP contribution in [0.15, 0.2) is 0 Å². The Kier molecular flexibility index (Phi) is 3.80. The topological polar surface area (TPSA) is 35.2 Å². The van der Waals surface area contributed by atoms with Crippen molar-refractivity contribution in [3.63, 3.8) is 0 Å². The first-order chi connectivity index (χ1) is 9.81. The average Bonchev–Trinajstić information content (AvgIpc) is 3.11. The van der Waals surface area contributed by atoms with Crippen LogP contribution in [0.4, 0.5) is 0 Å². The van der Waals surface area contributed by atoms with E-state index in [1.807, 2.05) is 0 Å². The van der Waals surface area contributed by atoms with Crippen LogP contribution < -0.4 is 5.73 Å². The molecule has 0 aromatic rings. The highest BCUT2D eigenvalue weighted by molar-refractivity contribution is 5.03. The molecule has 4 aliphatic carbocycles. The van der Waals surface area contributed by atoms with Crippen molar-refractivity contribution in [1.82, 2.24) is 0 Å². The molecule has 4 fully saturated rings. The molecule has 2 bridgehead atoms. The maximum absolute atomic E-state index is 6.33. The summed E-state index contributed by atoms with van der Waals surface area (Å²) in [5.41, 5.74) is 6.33. The number of hydrogen-bond donors (Lipinski definition) is 1. The lowest BCUT2D eigenvalue weighted by Crippen LogP contribution is -2.37. The van der Waals surface area contributed by atoms with Gasteiger partial charge in [-0.3, -0.25) is 0 Å². The van der Waals surface area contributed by atoms with E-state index in [0.29, 0.717) is 6.10 Å². The molecule has 0 heterocycles. The van der Waals surface area contributed by atoms with Crippen LogP contribution in [0.1, 0.15) is 70.6 Å². The van der Waals surface area contributed by atoms with Crippen molar-refractivity contribution in [3.05, 3.63) is 0 Å². The summed E-state index contributed by atoms with van der Waals surface area (Å²) in [6, 6.07) is 0. The molecule has 4 saturated carbocycles. The molecule has 0 aliphatic heterocycles. The van der Waals surface area contributed by atoms with E-state index in [1.54, 1.807) is 0 Å². The molecule has 0 saturated heterocycles. The van der Waals surface area contributed by atoms with Gasteiger partial charge in [0.2, 0.25) is 0 Å². The normalized spacial score (nSPS) is 45.8. The Morgan fingerprint density at radius 2 is 1.65 bits per heavy atom. The molecule has 114 valence electrons. The Morgan fingerprint density at radius 3 is 2.50 bits per heavy atom. The van der Waals surface area contributed by atoms with Crippen molar-refractivity contribution < 1.29 is 4.74 Å². The van der Waals surface area contributed by atoms with Crippen LogP contribution in [-0.2, 0) is 4.74 Å². The summed E-state index contributed by atoms with van der Waals surface area (Å²) in [6.07, 6.45) is 15.9. The van der Waals surface area contributed by atoms with Crippen molar-refractivity contribution in [2.24, 2.45) is 35.3 Å². The van der Waals surface area contributed by atoms with Gasteiger partial charge in [0.15, 0.2) is 0 Å². The Bertz CT molecular complexity index is 338. The molecule has 2 heteroatoms. The van der Waals surface area contributed by atoms with Gasteiger partial charge in [0, 0.05) is 0 Å². The molecule has 20 heavy (non-hydrogen) atoms. The van der Waals surface area contributed by atoms with Gasteiger partial charge in [-0.2, -0.15) is 0 Å². The fourth-order valence-corrected chi connectivity index (χ4v) is 6.19. The van der Waals surface area contributed by atoms with Gasteiger partial charge < -0.3 is 10.5 Å². The predicted octanol–water partition coefficient (Wildman–Crippen LogP) is 4.08. The van der Waals surface area contributed by atoms with Crippen LogP contribution in [-0.4, -0.2) is 12.3 Å². The van der Waals surface area contributed by atoms with Crippen molar-refractivity contribution in [1.29, 1.82) is 0 Å². The molecule has 2 nitrogen and oxygen atoms in total. The first-order valence-corrected chi connectivity index (χ1v) is 9.22. The van der Waals surface area contributed by atoms with Gasteiger partial charge in [-0.05, 0) is 61.7 Å². The average molecular weight is 277 g/mol. The third-order valence-electron chi connectivity index (χ3n) is 7.01. The fourth-order valence-electron chi connectivity index (χ4n) is 6.19. The van der Waals surface area contributed by atoms with E-state index in [9.17, 15) is 0 Å².